The fraction of sp³-hybridized carbons (Fsp3) is 0.529. The molecule has 3 amide bonds. The van der Waals surface area contributed by atoms with E-state index in [1.54, 1.807) is 32.9 Å². The van der Waals surface area contributed by atoms with Crippen LogP contribution in [0, 0.1) is 5.92 Å². The molecule has 4 N–H and O–H groups in total. The Labute approximate surface area is 137 Å². The highest BCUT2D eigenvalue weighted by Crippen LogP contribution is 2.11. The molecule has 0 saturated carbocycles. The maximum atomic E-state index is 11.8. The third-order valence-corrected chi connectivity index (χ3v) is 3.61. The minimum absolute atomic E-state index is 0.0316. The van der Waals surface area contributed by atoms with Crippen molar-refractivity contribution >= 4 is 17.6 Å². The Morgan fingerprint density at radius 1 is 1.13 bits per heavy atom. The molecular formula is C17H27N3O3. The topological polar surface area (TPSA) is 90.5 Å². The van der Waals surface area contributed by atoms with Crippen LogP contribution in [0.5, 0.6) is 0 Å². The molecule has 128 valence electrons. The zero-order valence-corrected chi connectivity index (χ0v) is 14.4. The summed E-state index contributed by atoms with van der Waals surface area (Å²) in [5.41, 5.74) is 0.666. The van der Waals surface area contributed by atoms with Crippen LogP contribution in [0.15, 0.2) is 24.3 Å². The maximum absolute atomic E-state index is 11.8. The number of urea groups is 1. The average Bonchev–Trinajstić information content (AvgIpc) is 2.45. The smallest absolute Gasteiger partial charge is 0.315 e. The van der Waals surface area contributed by atoms with Crippen molar-refractivity contribution in [1.29, 1.82) is 0 Å². The van der Waals surface area contributed by atoms with E-state index in [1.807, 2.05) is 26.0 Å². The molecule has 1 aromatic carbocycles. The Balaban J connectivity index is 2.47. The number of carbonyl (C=O) groups excluding carboxylic acids is 2. The standard InChI is InChI=1S/C17H27N3O3/c1-11(2)15(21)20-14-8-6-13(7-9-14)10-18-16(22)19-12(3)17(4,5)23/h6-9,11-12,23H,10H2,1-5H3,(H,20,21)(H2,18,19,22)/t12-/m0/s1. The van der Waals surface area contributed by atoms with Gasteiger partial charge in [0, 0.05) is 18.2 Å². The minimum atomic E-state index is -0.979. The number of rotatable bonds is 6. The SMILES string of the molecule is CC(C)C(=O)Nc1ccc(CNC(=O)N[C@@H](C)C(C)(C)O)cc1. The fourth-order valence-corrected chi connectivity index (χ4v) is 1.60. The van der Waals surface area contributed by atoms with Crippen molar-refractivity contribution in [2.75, 3.05) is 5.32 Å². The molecular weight excluding hydrogens is 294 g/mol. The molecule has 23 heavy (non-hydrogen) atoms. The molecule has 0 aromatic heterocycles. The normalized spacial score (nSPS) is 12.7. The summed E-state index contributed by atoms with van der Waals surface area (Å²) < 4.78 is 0. The largest absolute Gasteiger partial charge is 0.388 e. The van der Waals surface area contributed by atoms with E-state index in [-0.39, 0.29) is 23.9 Å². The lowest BCUT2D eigenvalue weighted by molar-refractivity contribution is -0.118. The van der Waals surface area contributed by atoms with Gasteiger partial charge in [-0.2, -0.15) is 0 Å². The molecule has 1 aromatic rings. The van der Waals surface area contributed by atoms with Crippen molar-refractivity contribution < 1.29 is 14.7 Å². The van der Waals surface area contributed by atoms with E-state index in [1.165, 1.54) is 0 Å². The summed E-state index contributed by atoms with van der Waals surface area (Å²) in [6.07, 6.45) is 0. The fourth-order valence-electron chi connectivity index (χ4n) is 1.60. The first-order chi connectivity index (χ1) is 10.6. The summed E-state index contributed by atoms with van der Waals surface area (Å²) >= 11 is 0. The van der Waals surface area contributed by atoms with Gasteiger partial charge in [0.05, 0.1) is 11.6 Å². The van der Waals surface area contributed by atoms with Crippen molar-refractivity contribution in [3.8, 4) is 0 Å². The number of nitrogens with one attached hydrogen (secondary N) is 3. The van der Waals surface area contributed by atoms with Gasteiger partial charge in [-0.15, -0.1) is 0 Å². The van der Waals surface area contributed by atoms with Crippen LogP contribution < -0.4 is 16.0 Å². The van der Waals surface area contributed by atoms with Gasteiger partial charge >= 0.3 is 6.03 Å². The highest BCUT2D eigenvalue weighted by atomic mass is 16.3. The van der Waals surface area contributed by atoms with Crippen molar-refractivity contribution in [1.82, 2.24) is 10.6 Å². The van der Waals surface area contributed by atoms with Gasteiger partial charge in [0.15, 0.2) is 0 Å². The van der Waals surface area contributed by atoms with Gasteiger partial charge in [0.25, 0.3) is 0 Å². The minimum Gasteiger partial charge on any atom is -0.388 e. The monoisotopic (exact) mass is 321 g/mol. The highest BCUT2D eigenvalue weighted by molar-refractivity contribution is 5.92. The van der Waals surface area contributed by atoms with Gasteiger partial charge in [-0.1, -0.05) is 26.0 Å². The van der Waals surface area contributed by atoms with Crippen LogP contribution in [0.2, 0.25) is 0 Å². The predicted octanol–water partition coefficient (Wildman–Crippen LogP) is 2.24. The predicted molar refractivity (Wildman–Crippen MR) is 91.0 cm³/mol. The van der Waals surface area contributed by atoms with E-state index in [4.69, 9.17) is 0 Å². The third-order valence-electron chi connectivity index (χ3n) is 3.61. The molecule has 1 atom stereocenters. The van der Waals surface area contributed by atoms with Crippen molar-refractivity contribution in [2.24, 2.45) is 5.92 Å². The lowest BCUT2D eigenvalue weighted by atomic mass is 10.0. The van der Waals surface area contributed by atoms with E-state index < -0.39 is 5.60 Å². The Hall–Kier alpha value is -2.08. The molecule has 0 spiro atoms. The summed E-state index contributed by atoms with van der Waals surface area (Å²) in [4.78, 5) is 23.4. The van der Waals surface area contributed by atoms with Crippen LogP contribution in [-0.4, -0.2) is 28.7 Å². The summed E-state index contributed by atoms with van der Waals surface area (Å²) in [7, 11) is 0. The van der Waals surface area contributed by atoms with Crippen LogP contribution in [0.4, 0.5) is 10.5 Å². The number of anilines is 1. The lowest BCUT2D eigenvalue weighted by Gasteiger charge is -2.26. The second-order valence-electron chi connectivity index (χ2n) is 6.54. The van der Waals surface area contributed by atoms with Crippen LogP contribution in [-0.2, 0) is 11.3 Å². The Morgan fingerprint density at radius 2 is 1.70 bits per heavy atom. The summed E-state index contributed by atoms with van der Waals surface area (Å²) in [6, 6.07) is 6.59. The highest BCUT2D eigenvalue weighted by Gasteiger charge is 2.23. The zero-order valence-electron chi connectivity index (χ0n) is 14.4. The van der Waals surface area contributed by atoms with Gasteiger partial charge in [-0.25, -0.2) is 4.79 Å². The van der Waals surface area contributed by atoms with E-state index >= 15 is 0 Å². The molecule has 0 aliphatic rings. The number of hydrogen-bond donors (Lipinski definition) is 4. The Bertz CT molecular complexity index is 533. The summed E-state index contributed by atoms with van der Waals surface area (Å²) in [5.74, 6) is -0.103. The maximum Gasteiger partial charge on any atom is 0.315 e. The van der Waals surface area contributed by atoms with E-state index in [0.717, 1.165) is 11.3 Å². The van der Waals surface area contributed by atoms with Crippen LogP contribution in [0.1, 0.15) is 40.2 Å². The average molecular weight is 321 g/mol. The Kier molecular flexibility index (Phi) is 6.57. The molecule has 6 nitrogen and oxygen atoms in total. The molecule has 0 unspecified atom stereocenters. The molecule has 0 aliphatic heterocycles. The first-order valence-corrected chi connectivity index (χ1v) is 7.76. The number of carbonyl (C=O) groups is 2. The van der Waals surface area contributed by atoms with Gasteiger partial charge < -0.3 is 21.1 Å². The summed E-state index contributed by atoms with van der Waals surface area (Å²) in [6.45, 7) is 9.06. The Morgan fingerprint density at radius 3 is 2.17 bits per heavy atom. The van der Waals surface area contributed by atoms with Crippen molar-refractivity contribution in [3.05, 3.63) is 29.8 Å². The summed E-state index contributed by atoms with van der Waals surface area (Å²) in [5, 5.41) is 18.0. The number of amides is 3. The molecule has 0 aliphatic carbocycles. The van der Waals surface area contributed by atoms with E-state index in [2.05, 4.69) is 16.0 Å². The molecule has 0 saturated heterocycles. The molecule has 0 radical (unpaired) electrons. The zero-order chi connectivity index (χ0) is 17.6. The van der Waals surface area contributed by atoms with Crippen LogP contribution in [0.3, 0.4) is 0 Å². The van der Waals surface area contributed by atoms with Crippen LogP contribution in [0.25, 0.3) is 0 Å². The van der Waals surface area contributed by atoms with E-state index in [9.17, 15) is 14.7 Å². The third kappa shape index (κ3) is 6.69. The van der Waals surface area contributed by atoms with Gasteiger partial charge in [-0.05, 0) is 38.5 Å². The second kappa shape index (κ2) is 7.97. The molecule has 0 fully saturated rings. The quantitative estimate of drug-likeness (QED) is 0.647. The first kappa shape index (κ1) is 19.0. The van der Waals surface area contributed by atoms with E-state index in [0.29, 0.717) is 6.54 Å². The van der Waals surface area contributed by atoms with Crippen LogP contribution >= 0.6 is 0 Å². The van der Waals surface area contributed by atoms with Gasteiger partial charge in [0.2, 0.25) is 5.91 Å². The molecule has 0 heterocycles. The number of aliphatic hydroxyl groups is 1. The molecule has 6 heteroatoms. The van der Waals surface area contributed by atoms with Gasteiger partial charge in [0.1, 0.15) is 0 Å². The van der Waals surface area contributed by atoms with Gasteiger partial charge in [-0.3, -0.25) is 4.79 Å². The lowest BCUT2D eigenvalue weighted by Crippen LogP contribution is -2.50. The first-order valence-electron chi connectivity index (χ1n) is 7.76. The van der Waals surface area contributed by atoms with Crippen molar-refractivity contribution in [3.63, 3.8) is 0 Å². The number of benzene rings is 1. The molecule has 1 rings (SSSR count). The number of hydrogen-bond acceptors (Lipinski definition) is 3. The second-order valence-corrected chi connectivity index (χ2v) is 6.54. The molecule has 0 bridgehead atoms. The van der Waals surface area contributed by atoms with Crippen molar-refractivity contribution in [2.45, 2.75) is 52.8 Å².